The molecule has 2 N–H and O–H groups in total. The van der Waals surface area contributed by atoms with Gasteiger partial charge in [-0.3, -0.25) is 9.36 Å². The maximum absolute atomic E-state index is 12.3. The molecule has 2 aromatic rings. The Morgan fingerprint density at radius 1 is 1.44 bits per heavy atom. The van der Waals surface area contributed by atoms with Crippen LogP contribution >= 0.6 is 0 Å². The number of nitrogens with zero attached hydrogens (tertiary/aromatic N) is 4. The van der Waals surface area contributed by atoms with Gasteiger partial charge in [-0.05, 0) is 25.9 Å². The SMILES string of the molecule is Cn1cc[n+]2nc(N)n(C(C)(C)C)c(=O)c12. The number of anilines is 1. The van der Waals surface area contributed by atoms with Crippen molar-refractivity contribution in [2.45, 2.75) is 26.3 Å². The summed E-state index contributed by atoms with van der Waals surface area (Å²) in [4.78, 5) is 12.3. The summed E-state index contributed by atoms with van der Waals surface area (Å²) in [5.74, 6) is 0.223. The molecule has 0 radical (unpaired) electrons. The van der Waals surface area contributed by atoms with Crippen molar-refractivity contribution < 1.29 is 4.52 Å². The minimum Gasteiger partial charge on any atom is -0.366 e. The van der Waals surface area contributed by atoms with Gasteiger partial charge in [0.25, 0.3) is 0 Å². The van der Waals surface area contributed by atoms with E-state index < -0.39 is 0 Å². The van der Waals surface area contributed by atoms with Crippen LogP contribution < -0.4 is 15.8 Å². The maximum atomic E-state index is 12.3. The molecule has 2 heterocycles. The maximum Gasteiger partial charge on any atom is 0.373 e. The number of rotatable bonds is 0. The van der Waals surface area contributed by atoms with Gasteiger partial charge in [-0.15, -0.1) is 0 Å². The lowest BCUT2D eigenvalue weighted by Crippen LogP contribution is -2.44. The van der Waals surface area contributed by atoms with Crippen LogP contribution in [0, 0.1) is 0 Å². The Hall–Kier alpha value is -1.85. The third-order valence-corrected chi connectivity index (χ3v) is 2.49. The van der Waals surface area contributed by atoms with Crippen LogP contribution in [0.15, 0.2) is 17.2 Å². The van der Waals surface area contributed by atoms with Gasteiger partial charge in [0.1, 0.15) is 6.20 Å². The van der Waals surface area contributed by atoms with Crippen LogP contribution in [0.4, 0.5) is 5.95 Å². The first-order chi connectivity index (χ1) is 7.32. The molecule has 0 aliphatic heterocycles. The number of nitrogens with two attached hydrogens (primary N) is 1. The zero-order valence-corrected chi connectivity index (χ0v) is 9.93. The fraction of sp³-hybridized carbons (Fsp3) is 0.500. The van der Waals surface area contributed by atoms with E-state index in [1.807, 2.05) is 27.8 Å². The quantitative estimate of drug-likeness (QED) is 0.620. The average Bonchev–Trinajstić information content (AvgIpc) is 2.44. The molecule has 6 nitrogen and oxygen atoms in total. The van der Waals surface area contributed by atoms with Crippen molar-refractivity contribution in [2.75, 3.05) is 5.73 Å². The molecule has 0 fully saturated rings. The molecule has 0 saturated heterocycles. The molecule has 0 saturated carbocycles. The Balaban J connectivity index is 2.96. The molecular weight excluding hydrogens is 206 g/mol. The van der Waals surface area contributed by atoms with Crippen LogP contribution in [0.25, 0.3) is 5.65 Å². The third kappa shape index (κ3) is 1.37. The Kier molecular flexibility index (Phi) is 2.04. The summed E-state index contributed by atoms with van der Waals surface area (Å²) in [7, 11) is 1.81. The summed E-state index contributed by atoms with van der Waals surface area (Å²) in [5, 5.41) is 4.16. The standard InChI is InChI=1S/C10H15N5O/c1-10(2,3)15-8(16)7-13(4)5-6-14(7)12-9(15)11/h5-6H,1-4H3,(H-,11,12,16)/p+1. The van der Waals surface area contributed by atoms with E-state index in [0.717, 1.165) is 0 Å². The van der Waals surface area contributed by atoms with Crippen molar-refractivity contribution in [3.05, 3.63) is 22.7 Å². The summed E-state index contributed by atoms with van der Waals surface area (Å²) < 4.78 is 4.74. The minimum absolute atomic E-state index is 0.132. The molecular formula is C10H16N5O+. The summed E-state index contributed by atoms with van der Waals surface area (Å²) >= 11 is 0. The number of hydrogen-bond donors (Lipinski definition) is 1. The van der Waals surface area contributed by atoms with E-state index in [4.69, 9.17) is 5.73 Å². The fourth-order valence-corrected chi connectivity index (χ4v) is 1.80. The zero-order chi connectivity index (χ0) is 12.1. The normalized spacial score (nSPS) is 12.2. The molecule has 0 unspecified atom stereocenters. The fourth-order valence-electron chi connectivity index (χ4n) is 1.80. The molecule has 0 aliphatic rings. The summed E-state index contributed by atoms with van der Waals surface area (Å²) in [5.41, 5.74) is 5.79. The van der Waals surface area contributed by atoms with E-state index in [2.05, 4.69) is 5.10 Å². The molecule has 16 heavy (non-hydrogen) atoms. The van der Waals surface area contributed by atoms with Gasteiger partial charge >= 0.3 is 11.2 Å². The van der Waals surface area contributed by atoms with Crippen LogP contribution in [0.3, 0.4) is 0 Å². The monoisotopic (exact) mass is 222 g/mol. The van der Waals surface area contributed by atoms with Gasteiger partial charge in [0, 0.05) is 5.54 Å². The van der Waals surface area contributed by atoms with E-state index in [1.165, 1.54) is 9.08 Å². The highest BCUT2D eigenvalue weighted by Crippen LogP contribution is 2.13. The highest BCUT2D eigenvalue weighted by molar-refractivity contribution is 5.31. The van der Waals surface area contributed by atoms with Crippen molar-refractivity contribution in [1.29, 1.82) is 0 Å². The number of aromatic nitrogens is 4. The van der Waals surface area contributed by atoms with E-state index in [0.29, 0.717) is 5.65 Å². The molecule has 6 heteroatoms. The molecule has 0 aliphatic carbocycles. The van der Waals surface area contributed by atoms with Gasteiger partial charge in [-0.1, -0.05) is 4.52 Å². The molecule has 0 aromatic carbocycles. The van der Waals surface area contributed by atoms with E-state index in [1.54, 1.807) is 17.0 Å². The first kappa shape index (κ1) is 10.7. The minimum atomic E-state index is -0.382. The first-order valence-electron chi connectivity index (χ1n) is 5.08. The molecule has 0 atom stereocenters. The van der Waals surface area contributed by atoms with Gasteiger partial charge < -0.3 is 5.73 Å². The van der Waals surface area contributed by atoms with Crippen molar-refractivity contribution in [2.24, 2.45) is 7.05 Å². The number of fused-ring (bicyclic) bond motifs is 1. The highest BCUT2D eigenvalue weighted by Gasteiger charge is 2.25. The second-order valence-corrected chi connectivity index (χ2v) is 4.85. The smallest absolute Gasteiger partial charge is 0.366 e. The second kappa shape index (κ2) is 3.07. The van der Waals surface area contributed by atoms with E-state index in [9.17, 15) is 4.79 Å². The Labute approximate surface area is 92.9 Å². The van der Waals surface area contributed by atoms with Crippen LogP contribution in [-0.4, -0.2) is 14.2 Å². The van der Waals surface area contributed by atoms with Gasteiger partial charge in [0.2, 0.25) is 5.95 Å². The van der Waals surface area contributed by atoms with E-state index >= 15 is 0 Å². The average molecular weight is 222 g/mol. The predicted octanol–water partition coefficient (Wildman–Crippen LogP) is -0.342. The summed E-state index contributed by atoms with van der Waals surface area (Å²) in [6, 6.07) is 0. The molecule has 86 valence electrons. The Morgan fingerprint density at radius 2 is 2.06 bits per heavy atom. The van der Waals surface area contributed by atoms with Gasteiger partial charge in [0.15, 0.2) is 6.20 Å². The van der Waals surface area contributed by atoms with E-state index in [-0.39, 0.29) is 17.0 Å². The number of aryl methyl sites for hydroxylation is 1. The van der Waals surface area contributed by atoms with Crippen molar-refractivity contribution in [1.82, 2.24) is 14.2 Å². The Bertz CT molecular complexity index is 602. The summed E-state index contributed by atoms with van der Waals surface area (Å²) in [6.45, 7) is 5.77. The van der Waals surface area contributed by atoms with Crippen molar-refractivity contribution >= 4 is 11.6 Å². The molecule has 0 bridgehead atoms. The largest absolute Gasteiger partial charge is 0.373 e. The van der Waals surface area contributed by atoms with Gasteiger partial charge in [-0.25, -0.2) is 4.57 Å². The molecule has 2 rings (SSSR count). The van der Waals surface area contributed by atoms with Crippen LogP contribution in [0.5, 0.6) is 0 Å². The van der Waals surface area contributed by atoms with Crippen LogP contribution in [-0.2, 0) is 12.6 Å². The van der Waals surface area contributed by atoms with Gasteiger partial charge in [0.05, 0.1) is 7.05 Å². The number of imidazole rings is 1. The topological polar surface area (TPSA) is 69.9 Å². The molecule has 0 amide bonds. The summed E-state index contributed by atoms with van der Waals surface area (Å²) in [6.07, 6.45) is 3.48. The third-order valence-electron chi connectivity index (χ3n) is 2.49. The van der Waals surface area contributed by atoms with Gasteiger partial charge in [-0.2, -0.15) is 0 Å². The highest BCUT2D eigenvalue weighted by atomic mass is 16.1. The lowest BCUT2D eigenvalue weighted by molar-refractivity contribution is -0.580. The number of nitrogen functional groups attached to an aromatic ring is 1. The van der Waals surface area contributed by atoms with Crippen molar-refractivity contribution in [3.63, 3.8) is 0 Å². The van der Waals surface area contributed by atoms with Crippen LogP contribution in [0.1, 0.15) is 20.8 Å². The van der Waals surface area contributed by atoms with Crippen LogP contribution in [0.2, 0.25) is 0 Å². The molecule has 0 spiro atoms. The first-order valence-corrected chi connectivity index (χ1v) is 5.08. The molecule has 2 aromatic heterocycles. The Morgan fingerprint density at radius 3 is 2.62 bits per heavy atom. The zero-order valence-electron chi connectivity index (χ0n) is 9.93. The second-order valence-electron chi connectivity index (χ2n) is 4.85. The lowest BCUT2D eigenvalue weighted by atomic mass is 10.1. The predicted molar refractivity (Wildman–Crippen MR) is 60.0 cm³/mol. The van der Waals surface area contributed by atoms with Crippen molar-refractivity contribution in [3.8, 4) is 0 Å². The lowest BCUT2D eigenvalue weighted by Gasteiger charge is -2.22. The number of hydrogen-bond acceptors (Lipinski definition) is 3.